The molecule has 0 amide bonds. The molecule has 144 valence electrons. The molecule has 3 aliphatic rings. The Kier molecular flexibility index (Phi) is 3.96. The van der Waals surface area contributed by atoms with Gasteiger partial charge in [-0.05, 0) is 25.2 Å². The number of rotatable bonds is 6. The standard InChI is InChI=1S/C15H22N3O6PS/c1-4-13-5-10-15(13,24-25(20,26)21-3)14(23-10,8-22-13)7-18-6-9(2)11(16)17-12(18)19/h6,10H,4-5,7-8H2,1-3H3,(H,20,26)(H2,16,17,19)/t10-,13-,14?,15?,25?/m0/s1. The molecular weight excluding hydrogens is 381 g/mol. The smallest absolute Gasteiger partial charge is 0.349 e. The molecule has 11 heteroatoms. The first kappa shape index (κ1) is 18.5. The quantitative estimate of drug-likeness (QED) is 0.654. The molecule has 0 aromatic carbocycles. The van der Waals surface area contributed by atoms with E-state index in [1.54, 1.807) is 13.1 Å². The molecule has 2 aliphatic heterocycles. The lowest BCUT2D eigenvalue weighted by atomic mass is 9.52. The van der Waals surface area contributed by atoms with Gasteiger partial charge in [-0.1, -0.05) is 6.92 Å². The van der Waals surface area contributed by atoms with Crippen LogP contribution in [-0.4, -0.2) is 51.1 Å². The minimum Gasteiger partial charge on any atom is -0.383 e. The predicted octanol–water partition coefficient (Wildman–Crippen LogP) is 0.473. The molecule has 26 heavy (non-hydrogen) atoms. The van der Waals surface area contributed by atoms with Gasteiger partial charge in [-0.2, -0.15) is 4.98 Å². The van der Waals surface area contributed by atoms with Crippen molar-refractivity contribution in [3.63, 3.8) is 0 Å². The third kappa shape index (κ3) is 2.12. The Morgan fingerprint density at radius 2 is 2.31 bits per heavy atom. The molecule has 1 saturated carbocycles. The second-order valence-electron chi connectivity index (χ2n) is 7.14. The largest absolute Gasteiger partial charge is 0.383 e. The van der Waals surface area contributed by atoms with Crippen LogP contribution in [0.1, 0.15) is 25.3 Å². The summed E-state index contributed by atoms with van der Waals surface area (Å²) in [5.74, 6) is 0.196. The Labute approximate surface area is 155 Å². The zero-order valence-electron chi connectivity index (χ0n) is 14.8. The van der Waals surface area contributed by atoms with Gasteiger partial charge in [0.1, 0.15) is 17.0 Å². The zero-order chi connectivity index (χ0) is 19.0. The van der Waals surface area contributed by atoms with Gasteiger partial charge in [0, 0.05) is 25.3 Å². The monoisotopic (exact) mass is 403 g/mol. The van der Waals surface area contributed by atoms with Crippen molar-refractivity contribution in [3.8, 4) is 0 Å². The lowest BCUT2D eigenvalue weighted by Crippen LogP contribution is -2.88. The molecule has 1 aromatic rings. The molecular formula is C15H22N3O6PS. The van der Waals surface area contributed by atoms with E-state index in [1.807, 2.05) is 6.92 Å². The SMILES string of the molecule is CC[C@@]12C[C@@H]3OC(Cn4cc(C)c(N)nc4=O)(CO1)C32OP(O)(=S)OC. The van der Waals surface area contributed by atoms with Gasteiger partial charge >= 0.3 is 12.4 Å². The van der Waals surface area contributed by atoms with Crippen LogP contribution < -0.4 is 11.4 Å². The average molecular weight is 403 g/mol. The molecule has 2 saturated heterocycles. The number of anilines is 1. The molecule has 4 rings (SSSR count). The number of aryl methyl sites for hydroxylation is 1. The normalized spacial score (nSPS) is 39.6. The van der Waals surface area contributed by atoms with Crippen molar-refractivity contribution < 1.29 is 23.4 Å². The summed E-state index contributed by atoms with van der Waals surface area (Å²) in [7, 11) is 1.32. The summed E-state index contributed by atoms with van der Waals surface area (Å²) in [4.78, 5) is 26.5. The number of hydrogen-bond donors (Lipinski definition) is 2. The van der Waals surface area contributed by atoms with Gasteiger partial charge in [-0.25, -0.2) is 4.79 Å². The first-order chi connectivity index (χ1) is 12.1. The molecule has 5 atom stereocenters. The van der Waals surface area contributed by atoms with Crippen LogP contribution in [0, 0.1) is 6.92 Å². The van der Waals surface area contributed by atoms with E-state index in [2.05, 4.69) is 4.98 Å². The fourth-order valence-corrected chi connectivity index (χ4v) is 5.85. The van der Waals surface area contributed by atoms with Crippen LogP contribution in [-0.2, 0) is 36.9 Å². The Bertz CT molecular complexity index is 879. The number of hydrogen-bond acceptors (Lipinski definition) is 8. The summed E-state index contributed by atoms with van der Waals surface area (Å²) >= 11 is 5.10. The summed E-state index contributed by atoms with van der Waals surface area (Å²) in [5, 5.41) is 0. The van der Waals surface area contributed by atoms with Crippen molar-refractivity contribution >= 4 is 24.3 Å². The summed E-state index contributed by atoms with van der Waals surface area (Å²) in [5.41, 5.74) is 3.42. The molecule has 0 spiro atoms. The van der Waals surface area contributed by atoms with Gasteiger partial charge in [0.05, 0.1) is 19.3 Å². The number of ether oxygens (including phenoxy) is 2. The lowest BCUT2D eigenvalue weighted by molar-refractivity contribution is -0.403. The van der Waals surface area contributed by atoms with Crippen molar-refractivity contribution in [2.45, 2.75) is 56.1 Å². The van der Waals surface area contributed by atoms with Gasteiger partial charge in [0.2, 0.25) is 0 Å². The van der Waals surface area contributed by atoms with Crippen LogP contribution >= 0.6 is 6.72 Å². The third-order valence-electron chi connectivity index (χ3n) is 5.97. The first-order valence-corrected chi connectivity index (χ1v) is 11.0. The van der Waals surface area contributed by atoms with E-state index < -0.39 is 29.2 Å². The molecule has 1 aliphatic carbocycles. The fraction of sp³-hybridized carbons (Fsp3) is 0.733. The van der Waals surface area contributed by atoms with Crippen molar-refractivity contribution in [3.05, 3.63) is 22.2 Å². The first-order valence-electron chi connectivity index (χ1n) is 8.39. The highest BCUT2D eigenvalue weighted by Crippen LogP contribution is 2.73. The van der Waals surface area contributed by atoms with Crippen molar-refractivity contribution in [1.82, 2.24) is 9.55 Å². The number of nitrogen functional groups attached to an aromatic ring is 1. The molecule has 3 heterocycles. The van der Waals surface area contributed by atoms with E-state index in [4.69, 9.17) is 36.1 Å². The molecule has 1 aromatic heterocycles. The van der Waals surface area contributed by atoms with Gasteiger partial charge in [0.15, 0.2) is 5.60 Å². The second kappa shape index (κ2) is 5.57. The number of nitrogens with two attached hydrogens (primary N) is 1. The van der Waals surface area contributed by atoms with Gasteiger partial charge < -0.3 is 24.6 Å². The minimum absolute atomic E-state index is 0.164. The highest BCUT2D eigenvalue weighted by atomic mass is 32.5. The minimum atomic E-state index is -3.46. The number of aromatic nitrogens is 2. The molecule has 3 N–H and O–H groups in total. The van der Waals surface area contributed by atoms with Crippen molar-refractivity contribution in [1.29, 1.82) is 0 Å². The molecule has 0 bridgehead atoms. The fourth-order valence-electron chi connectivity index (χ4n) is 4.61. The summed E-state index contributed by atoms with van der Waals surface area (Å²) < 4.78 is 24.7. The van der Waals surface area contributed by atoms with Gasteiger partial charge in [0.25, 0.3) is 0 Å². The second-order valence-corrected chi connectivity index (χ2v) is 10.0. The van der Waals surface area contributed by atoms with Gasteiger partial charge in [-0.15, -0.1) is 0 Å². The molecule has 9 nitrogen and oxygen atoms in total. The maximum Gasteiger partial charge on any atom is 0.349 e. The highest BCUT2D eigenvalue weighted by Gasteiger charge is 2.89. The Hall–Kier alpha value is -0.870. The van der Waals surface area contributed by atoms with Crippen LogP contribution in [0.15, 0.2) is 11.0 Å². The molecule has 3 unspecified atom stereocenters. The van der Waals surface area contributed by atoms with Gasteiger partial charge in [-0.3, -0.25) is 9.09 Å². The average Bonchev–Trinajstić information content (AvgIpc) is 2.74. The van der Waals surface area contributed by atoms with Crippen LogP contribution in [0.3, 0.4) is 0 Å². The summed E-state index contributed by atoms with van der Waals surface area (Å²) in [6.07, 6.45) is 2.70. The van der Waals surface area contributed by atoms with E-state index in [0.29, 0.717) is 18.4 Å². The van der Waals surface area contributed by atoms with E-state index in [-0.39, 0.29) is 25.1 Å². The van der Waals surface area contributed by atoms with Crippen LogP contribution in [0.4, 0.5) is 5.82 Å². The Morgan fingerprint density at radius 1 is 1.58 bits per heavy atom. The maximum absolute atomic E-state index is 12.3. The van der Waals surface area contributed by atoms with E-state index >= 15 is 0 Å². The lowest BCUT2D eigenvalue weighted by Gasteiger charge is -2.70. The number of nitrogens with zero attached hydrogens (tertiary/aromatic N) is 2. The van der Waals surface area contributed by atoms with Crippen molar-refractivity contribution in [2.24, 2.45) is 0 Å². The van der Waals surface area contributed by atoms with E-state index in [1.165, 1.54) is 11.7 Å². The van der Waals surface area contributed by atoms with Crippen LogP contribution in [0.25, 0.3) is 0 Å². The Morgan fingerprint density at radius 3 is 2.92 bits per heavy atom. The molecule has 3 fully saturated rings. The van der Waals surface area contributed by atoms with Crippen LogP contribution in [0.2, 0.25) is 0 Å². The third-order valence-corrected chi connectivity index (χ3v) is 7.62. The predicted molar refractivity (Wildman–Crippen MR) is 96.2 cm³/mol. The van der Waals surface area contributed by atoms with E-state index in [0.717, 1.165) is 0 Å². The Balaban J connectivity index is 1.75. The highest BCUT2D eigenvalue weighted by molar-refractivity contribution is 8.07. The maximum atomic E-state index is 12.3. The van der Waals surface area contributed by atoms with Crippen molar-refractivity contribution in [2.75, 3.05) is 19.5 Å². The summed E-state index contributed by atoms with van der Waals surface area (Å²) in [6.45, 7) is 0.694. The molecule has 0 radical (unpaired) electrons. The topological polar surface area (TPSA) is 118 Å². The van der Waals surface area contributed by atoms with E-state index in [9.17, 15) is 9.69 Å². The van der Waals surface area contributed by atoms with Crippen LogP contribution in [0.5, 0.6) is 0 Å². The summed E-state index contributed by atoms with van der Waals surface area (Å²) in [6, 6.07) is 0. The zero-order valence-corrected chi connectivity index (χ0v) is 16.5.